The Kier molecular flexibility index (Phi) is 4.38. The number of hydrogen-bond donors (Lipinski definition) is 2. The summed E-state index contributed by atoms with van der Waals surface area (Å²) in [6, 6.07) is 0.438. The van der Waals surface area contributed by atoms with E-state index in [2.05, 4.69) is 40.6 Å². The van der Waals surface area contributed by atoms with E-state index in [1.54, 1.807) is 11.3 Å². The molecule has 2 rings (SSSR count). The van der Waals surface area contributed by atoms with Crippen LogP contribution in [0, 0.1) is 6.92 Å². The third-order valence-corrected chi connectivity index (χ3v) is 4.63. The third kappa shape index (κ3) is 3.23. The summed E-state index contributed by atoms with van der Waals surface area (Å²) in [6.07, 6.45) is 0. The van der Waals surface area contributed by atoms with Crippen molar-refractivity contribution in [3.05, 3.63) is 10.4 Å². The Bertz CT molecular complexity index is 546. The van der Waals surface area contributed by atoms with Crippen molar-refractivity contribution in [1.82, 2.24) is 14.3 Å². The van der Waals surface area contributed by atoms with Crippen LogP contribution in [-0.4, -0.2) is 40.9 Å². The number of nitrogens with two attached hydrogens (primary N) is 1. The first-order chi connectivity index (χ1) is 8.99. The Morgan fingerprint density at radius 1 is 1.47 bits per heavy atom. The lowest BCUT2D eigenvalue weighted by molar-refractivity contribution is 0.326. The molecule has 2 aromatic heterocycles. The van der Waals surface area contributed by atoms with Crippen molar-refractivity contribution >= 4 is 33.7 Å². The lowest BCUT2D eigenvalue weighted by atomic mass is 10.2. The van der Waals surface area contributed by atoms with Gasteiger partial charge in [-0.05, 0) is 39.5 Å². The van der Waals surface area contributed by atoms with Crippen LogP contribution in [0.15, 0.2) is 5.38 Å². The van der Waals surface area contributed by atoms with Gasteiger partial charge in [-0.25, -0.2) is 4.98 Å². The Balaban J connectivity index is 2.18. The fourth-order valence-corrected chi connectivity index (χ4v) is 2.90. The Morgan fingerprint density at radius 2 is 2.21 bits per heavy atom. The largest absolute Gasteiger partial charge is 0.382 e. The van der Waals surface area contributed by atoms with E-state index in [4.69, 9.17) is 5.73 Å². The molecule has 1 unspecified atom stereocenters. The summed E-state index contributed by atoms with van der Waals surface area (Å²) in [5.74, 6) is 0.551. The average Bonchev–Trinajstić information content (AvgIpc) is 2.92. The summed E-state index contributed by atoms with van der Waals surface area (Å²) in [5.41, 5.74) is 7.80. The summed E-state index contributed by atoms with van der Waals surface area (Å²) in [5, 5.41) is 7.48. The number of nitrogens with zero attached hydrogens (tertiary/aromatic N) is 3. The second-order valence-electron chi connectivity index (χ2n) is 4.72. The predicted octanol–water partition coefficient (Wildman–Crippen LogP) is 2.52. The van der Waals surface area contributed by atoms with Crippen LogP contribution in [0.1, 0.15) is 11.9 Å². The summed E-state index contributed by atoms with van der Waals surface area (Å²) >= 11 is 3.02. The molecule has 0 aliphatic heterocycles. The lowest BCUT2D eigenvalue weighted by Crippen LogP contribution is -2.31. The molecule has 0 spiro atoms. The highest BCUT2D eigenvalue weighted by Gasteiger charge is 2.16. The monoisotopic (exact) mass is 297 g/mol. The smallest absolute Gasteiger partial charge is 0.148 e. The molecule has 104 valence electrons. The van der Waals surface area contributed by atoms with Crippen LogP contribution in [-0.2, 0) is 0 Å². The van der Waals surface area contributed by atoms with E-state index in [1.807, 2.05) is 12.3 Å². The van der Waals surface area contributed by atoms with Crippen LogP contribution in [0.4, 0.5) is 10.8 Å². The van der Waals surface area contributed by atoms with E-state index < -0.39 is 0 Å². The van der Waals surface area contributed by atoms with Crippen LogP contribution in [0.5, 0.6) is 0 Å². The van der Waals surface area contributed by atoms with Crippen LogP contribution in [0.3, 0.4) is 0 Å². The molecule has 2 heterocycles. The summed E-state index contributed by atoms with van der Waals surface area (Å²) < 4.78 is 4.23. The maximum atomic E-state index is 5.96. The molecule has 0 saturated carbocycles. The molecule has 0 fully saturated rings. The normalized spacial score (nSPS) is 12.9. The maximum Gasteiger partial charge on any atom is 0.148 e. The van der Waals surface area contributed by atoms with Crippen molar-refractivity contribution in [2.75, 3.05) is 31.7 Å². The minimum absolute atomic E-state index is 0.438. The highest BCUT2D eigenvalue weighted by Crippen LogP contribution is 2.36. The number of anilines is 2. The van der Waals surface area contributed by atoms with Gasteiger partial charge >= 0.3 is 0 Å². The van der Waals surface area contributed by atoms with Crippen molar-refractivity contribution in [3.63, 3.8) is 0 Å². The van der Waals surface area contributed by atoms with E-state index in [9.17, 15) is 0 Å². The summed E-state index contributed by atoms with van der Waals surface area (Å²) in [7, 11) is 4.14. The maximum absolute atomic E-state index is 5.96. The van der Waals surface area contributed by atoms with Crippen LogP contribution < -0.4 is 11.1 Å². The van der Waals surface area contributed by atoms with Gasteiger partial charge in [0.2, 0.25) is 0 Å². The second-order valence-corrected chi connectivity index (χ2v) is 6.55. The molecule has 0 aliphatic carbocycles. The number of aryl methyl sites for hydroxylation is 1. The van der Waals surface area contributed by atoms with Crippen LogP contribution in [0.2, 0.25) is 0 Å². The van der Waals surface area contributed by atoms with E-state index in [0.717, 1.165) is 27.8 Å². The molecule has 2 aromatic rings. The van der Waals surface area contributed by atoms with Gasteiger partial charge < -0.3 is 16.0 Å². The van der Waals surface area contributed by atoms with Gasteiger partial charge in [-0.3, -0.25) is 0 Å². The van der Waals surface area contributed by atoms with Gasteiger partial charge in [0, 0.05) is 18.0 Å². The van der Waals surface area contributed by atoms with E-state index in [1.165, 1.54) is 11.5 Å². The molecule has 3 N–H and O–H groups in total. The minimum Gasteiger partial charge on any atom is -0.382 e. The number of aromatic nitrogens is 2. The van der Waals surface area contributed by atoms with Gasteiger partial charge in [0.1, 0.15) is 10.8 Å². The highest BCUT2D eigenvalue weighted by molar-refractivity contribution is 7.11. The molecule has 5 nitrogen and oxygen atoms in total. The van der Waals surface area contributed by atoms with Gasteiger partial charge in [-0.2, -0.15) is 4.37 Å². The van der Waals surface area contributed by atoms with Gasteiger partial charge in [0.15, 0.2) is 0 Å². The Morgan fingerprint density at radius 3 is 2.79 bits per heavy atom. The number of rotatable bonds is 5. The zero-order valence-corrected chi connectivity index (χ0v) is 13.2. The van der Waals surface area contributed by atoms with Crippen molar-refractivity contribution in [2.45, 2.75) is 19.9 Å². The Hall–Kier alpha value is -1.18. The molecule has 19 heavy (non-hydrogen) atoms. The first-order valence-corrected chi connectivity index (χ1v) is 7.72. The zero-order chi connectivity index (χ0) is 14.0. The molecule has 0 aromatic carbocycles. The first kappa shape index (κ1) is 14.2. The standard InChI is InChI=1S/C12H19N5S2/c1-7(17(3)4)5-14-12-10(11(13)16-19-12)9-6-18-8(2)15-9/h6-7,14H,5H2,1-4H3,(H2,13,16). The molecular weight excluding hydrogens is 278 g/mol. The van der Waals surface area contributed by atoms with Crippen molar-refractivity contribution in [2.24, 2.45) is 0 Å². The van der Waals surface area contributed by atoms with E-state index in [-0.39, 0.29) is 0 Å². The van der Waals surface area contributed by atoms with Gasteiger partial charge in [0.05, 0.1) is 16.3 Å². The van der Waals surface area contributed by atoms with Gasteiger partial charge in [-0.15, -0.1) is 11.3 Å². The topological polar surface area (TPSA) is 67.1 Å². The van der Waals surface area contributed by atoms with E-state index >= 15 is 0 Å². The number of likely N-dealkylation sites (N-methyl/N-ethyl adjacent to an activating group) is 1. The fourth-order valence-electron chi connectivity index (χ4n) is 1.57. The van der Waals surface area contributed by atoms with Crippen molar-refractivity contribution in [3.8, 4) is 11.3 Å². The first-order valence-electron chi connectivity index (χ1n) is 6.07. The second kappa shape index (κ2) is 5.85. The van der Waals surface area contributed by atoms with Crippen LogP contribution in [0.25, 0.3) is 11.3 Å². The molecule has 0 bridgehead atoms. The number of thiazole rings is 1. The molecule has 7 heteroatoms. The van der Waals surface area contributed by atoms with E-state index in [0.29, 0.717) is 11.9 Å². The third-order valence-electron chi connectivity index (χ3n) is 3.03. The zero-order valence-electron chi connectivity index (χ0n) is 11.6. The quantitative estimate of drug-likeness (QED) is 0.887. The molecular formula is C12H19N5S2. The molecule has 0 aliphatic rings. The molecule has 1 atom stereocenters. The molecule has 0 saturated heterocycles. The minimum atomic E-state index is 0.438. The van der Waals surface area contributed by atoms with Crippen molar-refractivity contribution in [1.29, 1.82) is 0 Å². The average molecular weight is 297 g/mol. The van der Waals surface area contributed by atoms with Gasteiger partial charge in [-0.1, -0.05) is 0 Å². The Labute approximate surface area is 121 Å². The summed E-state index contributed by atoms with van der Waals surface area (Å²) in [6.45, 7) is 5.01. The highest BCUT2D eigenvalue weighted by atomic mass is 32.1. The molecule has 0 amide bonds. The van der Waals surface area contributed by atoms with Crippen molar-refractivity contribution < 1.29 is 0 Å². The molecule has 0 radical (unpaired) electrons. The van der Waals surface area contributed by atoms with Crippen LogP contribution >= 0.6 is 22.9 Å². The summed E-state index contributed by atoms with van der Waals surface area (Å²) in [4.78, 5) is 6.66. The number of nitrogen functional groups attached to an aromatic ring is 1. The SMILES string of the molecule is Cc1nc(-c2c(N)nsc2NCC(C)N(C)C)cs1. The number of nitrogens with one attached hydrogen (secondary N) is 1. The fraction of sp³-hybridized carbons (Fsp3) is 0.500. The lowest BCUT2D eigenvalue weighted by Gasteiger charge is -2.20. The predicted molar refractivity (Wildman–Crippen MR) is 84.0 cm³/mol. The van der Waals surface area contributed by atoms with Gasteiger partial charge in [0.25, 0.3) is 0 Å². The number of hydrogen-bond acceptors (Lipinski definition) is 7.